The van der Waals surface area contributed by atoms with Gasteiger partial charge in [0.15, 0.2) is 5.69 Å². The lowest BCUT2D eigenvalue weighted by Crippen LogP contribution is -2.13. The SMILES string of the molecule is COC(=O)c1cc(C(=O)OC)n(Cc2ccccc2N)n1. The van der Waals surface area contributed by atoms with Crippen molar-refractivity contribution in [2.45, 2.75) is 6.54 Å². The van der Waals surface area contributed by atoms with E-state index in [1.165, 1.54) is 25.0 Å². The number of nitrogen functional groups attached to an aromatic ring is 1. The van der Waals surface area contributed by atoms with Gasteiger partial charge in [0, 0.05) is 11.8 Å². The van der Waals surface area contributed by atoms with Crippen LogP contribution in [0.15, 0.2) is 30.3 Å². The Balaban J connectivity index is 2.41. The van der Waals surface area contributed by atoms with Crippen molar-refractivity contribution in [3.8, 4) is 0 Å². The maximum atomic E-state index is 11.8. The van der Waals surface area contributed by atoms with Crippen LogP contribution in [0.1, 0.15) is 26.5 Å². The number of carbonyl (C=O) groups excluding carboxylic acids is 2. The second kappa shape index (κ2) is 6.08. The van der Waals surface area contributed by atoms with Crippen LogP contribution in [-0.2, 0) is 16.0 Å². The number of hydrogen-bond acceptors (Lipinski definition) is 6. The molecule has 0 unspecified atom stereocenters. The molecule has 0 aliphatic carbocycles. The first kappa shape index (κ1) is 14.6. The molecule has 2 rings (SSSR count). The Hall–Kier alpha value is -2.83. The van der Waals surface area contributed by atoms with Gasteiger partial charge in [0.1, 0.15) is 5.69 Å². The Kier molecular flexibility index (Phi) is 4.22. The number of anilines is 1. The van der Waals surface area contributed by atoms with Crippen molar-refractivity contribution in [3.63, 3.8) is 0 Å². The summed E-state index contributed by atoms with van der Waals surface area (Å²) in [6, 6.07) is 8.53. The summed E-state index contributed by atoms with van der Waals surface area (Å²) in [6.45, 7) is 0.244. The van der Waals surface area contributed by atoms with E-state index in [4.69, 9.17) is 5.73 Å². The van der Waals surface area contributed by atoms with Crippen LogP contribution in [0, 0.1) is 0 Å². The number of para-hydroxylation sites is 1. The second-order valence-electron chi connectivity index (χ2n) is 4.25. The average molecular weight is 289 g/mol. The van der Waals surface area contributed by atoms with E-state index in [1.54, 1.807) is 6.07 Å². The number of methoxy groups -OCH3 is 2. The van der Waals surface area contributed by atoms with Crippen molar-refractivity contribution >= 4 is 17.6 Å². The van der Waals surface area contributed by atoms with E-state index in [2.05, 4.69) is 14.6 Å². The number of aromatic nitrogens is 2. The van der Waals surface area contributed by atoms with E-state index < -0.39 is 11.9 Å². The van der Waals surface area contributed by atoms with Gasteiger partial charge in [-0.05, 0) is 11.6 Å². The molecule has 1 heterocycles. The predicted octanol–water partition coefficient (Wildman–Crippen LogP) is 1.09. The quantitative estimate of drug-likeness (QED) is 0.668. The van der Waals surface area contributed by atoms with Gasteiger partial charge in [0.25, 0.3) is 0 Å². The van der Waals surface area contributed by atoms with Gasteiger partial charge < -0.3 is 15.2 Å². The predicted molar refractivity (Wildman–Crippen MR) is 74.9 cm³/mol. The molecule has 2 N–H and O–H groups in total. The molecule has 1 aromatic heterocycles. The van der Waals surface area contributed by atoms with Gasteiger partial charge in [-0.25, -0.2) is 9.59 Å². The molecule has 0 bridgehead atoms. The van der Waals surface area contributed by atoms with Crippen LogP contribution < -0.4 is 5.73 Å². The molecule has 110 valence electrons. The van der Waals surface area contributed by atoms with E-state index >= 15 is 0 Å². The van der Waals surface area contributed by atoms with E-state index in [1.807, 2.05) is 18.2 Å². The second-order valence-corrected chi connectivity index (χ2v) is 4.25. The van der Waals surface area contributed by atoms with E-state index in [9.17, 15) is 9.59 Å². The van der Waals surface area contributed by atoms with Crippen molar-refractivity contribution in [3.05, 3.63) is 47.3 Å². The van der Waals surface area contributed by atoms with E-state index in [0.717, 1.165) is 5.56 Å². The summed E-state index contributed by atoms with van der Waals surface area (Å²) >= 11 is 0. The van der Waals surface area contributed by atoms with Crippen molar-refractivity contribution in [1.82, 2.24) is 9.78 Å². The highest BCUT2D eigenvalue weighted by molar-refractivity contribution is 5.93. The number of ether oxygens (including phenoxy) is 2. The monoisotopic (exact) mass is 289 g/mol. The third-order valence-corrected chi connectivity index (χ3v) is 2.94. The average Bonchev–Trinajstić information content (AvgIpc) is 2.92. The molecule has 0 atom stereocenters. The summed E-state index contributed by atoms with van der Waals surface area (Å²) in [6.07, 6.45) is 0. The molecule has 0 saturated heterocycles. The minimum atomic E-state index is -0.625. The van der Waals surface area contributed by atoms with Crippen molar-refractivity contribution in [2.24, 2.45) is 0 Å². The van der Waals surface area contributed by atoms with Crippen LogP contribution >= 0.6 is 0 Å². The molecule has 0 radical (unpaired) electrons. The molecule has 7 nitrogen and oxygen atoms in total. The van der Waals surface area contributed by atoms with Crippen molar-refractivity contribution in [1.29, 1.82) is 0 Å². The Labute approximate surface area is 121 Å². The highest BCUT2D eigenvalue weighted by Gasteiger charge is 2.20. The maximum Gasteiger partial charge on any atom is 0.358 e. The van der Waals surface area contributed by atoms with Gasteiger partial charge in [-0.1, -0.05) is 18.2 Å². The molecule has 0 amide bonds. The molecular formula is C14H15N3O4. The fraction of sp³-hybridized carbons (Fsp3) is 0.214. The Morgan fingerprint density at radius 2 is 1.86 bits per heavy atom. The van der Waals surface area contributed by atoms with Crippen LogP contribution in [0.25, 0.3) is 0 Å². The number of nitrogens with zero attached hydrogens (tertiary/aromatic N) is 2. The molecule has 7 heteroatoms. The van der Waals surface area contributed by atoms with Gasteiger partial charge in [0.2, 0.25) is 0 Å². The van der Waals surface area contributed by atoms with E-state index in [-0.39, 0.29) is 17.9 Å². The molecule has 2 aromatic rings. The number of hydrogen-bond donors (Lipinski definition) is 1. The highest BCUT2D eigenvalue weighted by Crippen LogP contribution is 2.15. The molecule has 1 aromatic carbocycles. The van der Waals surface area contributed by atoms with Crippen molar-refractivity contribution < 1.29 is 19.1 Å². The topological polar surface area (TPSA) is 96.4 Å². The normalized spacial score (nSPS) is 10.2. The van der Waals surface area contributed by atoms with Gasteiger partial charge in [-0.2, -0.15) is 5.10 Å². The van der Waals surface area contributed by atoms with Crippen LogP contribution in [0.5, 0.6) is 0 Å². The zero-order valence-corrected chi connectivity index (χ0v) is 11.7. The zero-order chi connectivity index (χ0) is 15.4. The Morgan fingerprint density at radius 1 is 1.19 bits per heavy atom. The van der Waals surface area contributed by atoms with Gasteiger partial charge >= 0.3 is 11.9 Å². The Morgan fingerprint density at radius 3 is 2.48 bits per heavy atom. The minimum Gasteiger partial charge on any atom is -0.464 e. The third-order valence-electron chi connectivity index (χ3n) is 2.94. The standard InChI is InChI=1S/C14H15N3O4/c1-20-13(18)11-7-12(14(19)21-2)17(16-11)8-9-5-3-4-6-10(9)15/h3-7H,8,15H2,1-2H3. The van der Waals surface area contributed by atoms with Gasteiger partial charge in [0.05, 0.1) is 20.8 Å². The Bertz CT molecular complexity index is 679. The summed E-state index contributed by atoms with van der Waals surface area (Å²) in [4.78, 5) is 23.3. The first-order valence-electron chi connectivity index (χ1n) is 6.14. The highest BCUT2D eigenvalue weighted by atomic mass is 16.5. The molecule has 21 heavy (non-hydrogen) atoms. The van der Waals surface area contributed by atoms with Gasteiger partial charge in [-0.15, -0.1) is 0 Å². The summed E-state index contributed by atoms with van der Waals surface area (Å²) in [7, 11) is 2.50. The number of nitrogens with two attached hydrogens (primary N) is 1. The number of carbonyl (C=O) groups is 2. The lowest BCUT2D eigenvalue weighted by Gasteiger charge is -2.08. The van der Waals surface area contributed by atoms with Crippen LogP contribution in [0.4, 0.5) is 5.69 Å². The fourth-order valence-corrected chi connectivity index (χ4v) is 1.85. The summed E-state index contributed by atoms with van der Waals surface area (Å²) in [5.74, 6) is -1.22. The summed E-state index contributed by atoms with van der Waals surface area (Å²) < 4.78 is 10.7. The first-order chi connectivity index (χ1) is 10.1. The molecule has 0 aliphatic rings. The fourth-order valence-electron chi connectivity index (χ4n) is 1.85. The van der Waals surface area contributed by atoms with Crippen LogP contribution in [0.2, 0.25) is 0 Å². The van der Waals surface area contributed by atoms with Crippen LogP contribution in [0.3, 0.4) is 0 Å². The molecule has 0 spiro atoms. The number of esters is 2. The molecule has 0 fully saturated rings. The number of rotatable bonds is 4. The zero-order valence-electron chi connectivity index (χ0n) is 11.7. The first-order valence-corrected chi connectivity index (χ1v) is 6.14. The summed E-state index contributed by atoms with van der Waals surface area (Å²) in [5, 5.41) is 4.07. The summed E-state index contributed by atoms with van der Waals surface area (Å²) in [5.41, 5.74) is 7.41. The van der Waals surface area contributed by atoms with Crippen molar-refractivity contribution in [2.75, 3.05) is 20.0 Å². The van der Waals surface area contributed by atoms with Crippen LogP contribution in [-0.4, -0.2) is 35.9 Å². The smallest absolute Gasteiger partial charge is 0.358 e. The maximum absolute atomic E-state index is 11.8. The largest absolute Gasteiger partial charge is 0.464 e. The lowest BCUT2D eigenvalue weighted by atomic mass is 10.2. The lowest BCUT2D eigenvalue weighted by molar-refractivity contribution is 0.0581. The molecule has 0 aliphatic heterocycles. The third kappa shape index (κ3) is 3.02. The molecular weight excluding hydrogens is 274 g/mol. The van der Waals surface area contributed by atoms with E-state index in [0.29, 0.717) is 5.69 Å². The molecule has 0 saturated carbocycles. The number of benzene rings is 1. The minimum absolute atomic E-state index is 0.0346. The van der Waals surface area contributed by atoms with Gasteiger partial charge in [-0.3, -0.25) is 4.68 Å².